The highest BCUT2D eigenvalue weighted by Gasteiger charge is 2.34. The summed E-state index contributed by atoms with van der Waals surface area (Å²) in [6.07, 6.45) is 8.95. The van der Waals surface area contributed by atoms with Gasteiger partial charge in [-0.3, -0.25) is 0 Å². The lowest BCUT2D eigenvalue weighted by Crippen LogP contribution is -2.39. The highest BCUT2D eigenvalue weighted by molar-refractivity contribution is 4.91. The van der Waals surface area contributed by atoms with E-state index in [1.54, 1.807) is 0 Å². The van der Waals surface area contributed by atoms with E-state index in [1.807, 2.05) is 13.8 Å². The quantitative estimate of drug-likeness (QED) is 0.649. The van der Waals surface area contributed by atoms with Crippen LogP contribution in [0.25, 0.3) is 0 Å². The minimum Gasteiger partial charge on any atom is -0.316 e. The SMILES string of the molecule is CCC1(CNCCCCC(C)(C)C#N)CCC1. The number of hydrogen-bond acceptors (Lipinski definition) is 2. The molecule has 2 nitrogen and oxygen atoms in total. The van der Waals surface area contributed by atoms with Crippen LogP contribution in [0.4, 0.5) is 0 Å². The van der Waals surface area contributed by atoms with Crippen LogP contribution in [0.3, 0.4) is 0 Å². The van der Waals surface area contributed by atoms with E-state index in [1.165, 1.54) is 38.6 Å². The van der Waals surface area contributed by atoms with Crippen LogP contribution in [-0.4, -0.2) is 13.1 Å². The third-order valence-electron chi connectivity index (χ3n) is 4.37. The number of nitriles is 1. The van der Waals surface area contributed by atoms with Crippen LogP contribution >= 0.6 is 0 Å². The van der Waals surface area contributed by atoms with Gasteiger partial charge in [0.25, 0.3) is 0 Å². The van der Waals surface area contributed by atoms with Gasteiger partial charge < -0.3 is 5.32 Å². The van der Waals surface area contributed by atoms with Gasteiger partial charge in [0, 0.05) is 6.54 Å². The monoisotopic (exact) mass is 236 g/mol. The first-order valence-electron chi connectivity index (χ1n) is 7.16. The second kappa shape index (κ2) is 6.40. The Morgan fingerprint density at radius 1 is 1.29 bits per heavy atom. The van der Waals surface area contributed by atoms with Crippen LogP contribution in [-0.2, 0) is 0 Å². The molecule has 1 N–H and O–H groups in total. The number of unbranched alkanes of at least 4 members (excludes halogenated alkanes) is 1. The third kappa shape index (κ3) is 4.68. The first-order valence-corrected chi connectivity index (χ1v) is 7.16. The molecular weight excluding hydrogens is 208 g/mol. The van der Waals surface area contributed by atoms with Gasteiger partial charge in [-0.05, 0) is 57.9 Å². The van der Waals surface area contributed by atoms with E-state index in [0.717, 1.165) is 19.4 Å². The van der Waals surface area contributed by atoms with E-state index in [-0.39, 0.29) is 5.41 Å². The minimum absolute atomic E-state index is 0.140. The largest absolute Gasteiger partial charge is 0.316 e. The van der Waals surface area contributed by atoms with Crippen molar-refractivity contribution in [3.05, 3.63) is 0 Å². The molecule has 0 atom stereocenters. The molecule has 0 spiro atoms. The lowest BCUT2D eigenvalue weighted by molar-refractivity contribution is 0.124. The molecule has 0 radical (unpaired) electrons. The Hall–Kier alpha value is -0.550. The Bertz CT molecular complexity index is 253. The Balaban J connectivity index is 2.00. The molecule has 0 amide bonds. The molecule has 98 valence electrons. The van der Waals surface area contributed by atoms with Crippen molar-refractivity contribution in [1.29, 1.82) is 5.26 Å². The summed E-state index contributed by atoms with van der Waals surface area (Å²) in [5.74, 6) is 0. The van der Waals surface area contributed by atoms with Crippen molar-refractivity contribution in [2.75, 3.05) is 13.1 Å². The fourth-order valence-electron chi connectivity index (χ4n) is 2.56. The number of hydrogen-bond donors (Lipinski definition) is 1. The molecule has 1 aliphatic carbocycles. The molecule has 0 bridgehead atoms. The maximum absolute atomic E-state index is 8.91. The first kappa shape index (κ1) is 14.5. The molecule has 1 rings (SSSR count). The van der Waals surface area contributed by atoms with Crippen molar-refractivity contribution in [2.45, 2.75) is 65.7 Å². The first-order chi connectivity index (χ1) is 8.04. The molecule has 1 aliphatic rings. The van der Waals surface area contributed by atoms with Crippen molar-refractivity contribution >= 4 is 0 Å². The van der Waals surface area contributed by atoms with Crippen molar-refractivity contribution in [1.82, 2.24) is 5.32 Å². The van der Waals surface area contributed by atoms with Crippen molar-refractivity contribution in [3.63, 3.8) is 0 Å². The molecule has 0 aromatic heterocycles. The number of nitrogens with one attached hydrogen (secondary N) is 1. The summed E-state index contributed by atoms with van der Waals surface area (Å²) in [7, 11) is 0. The molecule has 2 heteroatoms. The average molecular weight is 236 g/mol. The summed E-state index contributed by atoms with van der Waals surface area (Å²) in [5.41, 5.74) is 0.491. The maximum Gasteiger partial charge on any atom is 0.0683 e. The van der Waals surface area contributed by atoms with Gasteiger partial charge in [-0.15, -0.1) is 0 Å². The highest BCUT2D eigenvalue weighted by Crippen LogP contribution is 2.42. The third-order valence-corrected chi connectivity index (χ3v) is 4.37. The predicted molar refractivity (Wildman–Crippen MR) is 72.7 cm³/mol. The standard InChI is InChI=1S/C15H28N2/c1-4-15(9-7-10-15)13-17-11-6-5-8-14(2,3)12-16/h17H,4-11,13H2,1-3H3. The average Bonchev–Trinajstić information content (AvgIpc) is 2.26. The Kier molecular flexibility index (Phi) is 5.46. The molecule has 0 unspecified atom stereocenters. The predicted octanol–water partition coefficient (Wildman–Crippen LogP) is 3.88. The second-order valence-corrected chi connectivity index (χ2v) is 6.34. The second-order valence-electron chi connectivity index (χ2n) is 6.34. The number of nitrogens with zero attached hydrogens (tertiary/aromatic N) is 1. The molecule has 17 heavy (non-hydrogen) atoms. The van der Waals surface area contributed by atoms with Gasteiger partial charge in [0.2, 0.25) is 0 Å². The molecule has 1 saturated carbocycles. The summed E-state index contributed by atoms with van der Waals surface area (Å²) in [4.78, 5) is 0. The molecule has 0 heterocycles. The van der Waals surface area contributed by atoms with Gasteiger partial charge in [0.1, 0.15) is 0 Å². The van der Waals surface area contributed by atoms with E-state index in [2.05, 4.69) is 18.3 Å². The lowest BCUT2D eigenvalue weighted by atomic mass is 9.67. The van der Waals surface area contributed by atoms with E-state index < -0.39 is 0 Å². The van der Waals surface area contributed by atoms with Gasteiger partial charge in [0.15, 0.2) is 0 Å². The zero-order chi connectivity index (χ0) is 12.8. The molecular formula is C15H28N2. The van der Waals surface area contributed by atoms with Crippen LogP contribution in [0.5, 0.6) is 0 Å². The normalized spacial score (nSPS) is 18.5. The van der Waals surface area contributed by atoms with Crippen molar-refractivity contribution < 1.29 is 0 Å². The fourth-order valence-corrected chi connectivity index (χ4v) is 2.56. The summed E-state index contributed by atoms with van der Waals surface area (Å²) < 4.78 is 0. The minimum atomic E-state index is -0.140. The summed E-state index contributed by atoms with van der Waals surface area (Å²) in [6, 6.07) is 2.36. The van der Waals surface area contributed by atoms with E-state index >= 15 is 0 Å². The summed E-state index contributed by atoms with van der Waals surface area (Å²) >= 11 is 0. The van der Waals surface area contributed by atoms with Gasteiger partial charge in [-0.1, -0.05) is 19.8 Å². The molecule has 0 aromatic rings. The van der Waals surface area contributed by atoms with E-state index in [0.29, 0.717) is 5.41 Å². The lowest BCUT2D eigenvalue weighted by Gasteiger charge is -2.41. The Morgan fingerprint density at radius 2 is 2.00 bits per heavy atom. The molecule has 1 fully saturated rings. The van der Waals surface area contributed by atoms with Crippen LogP contribution in [0.15, 0.2) is 0 Å². The number of rotatable bonds is 8. The summed E-state index contributed by atoms with van der Waals surface area (Å²) in [6.45, 7) is 8.69. The van der Waals surface area contributed by atoms with Crippen LogP contribution < -0.4 is 5.32 Å². The maximum atomic E-state index is 8.91. The van der Waals surface area contributed by atoms with Crippen LogP contribution in [0.1, 0.15) is 65.7 Å². The van der Waals surface area contributed by atoms with Crippen molar-refractivity contribution in [2.24, 2.45) is 10.8 Å². The van der Waals surface area contributed by atoms with Crippen molar-refractivity contribution in [3.8, 4) is 6.07 Å². The van der Waals surface area contributed by atoms with Gasteiger partial charge in [-0.2, -0.15) is 5.26 Å². The van der Waals surface area contributed by atoms with Gasteiger partial charge >= 0.3 is 0 Å². The van der Waals surface area contributed by atoms with Crippen LogP contribution in [0.2, 0.25) is 0 Å². The Morgan fingerprint density at radius 3 is 2.47 bits per heavy atom. The van der Waals surface area contributed by atoms with E-state index in [4.69, 9.17) is 5.26 Å². The molecule has 0 aliphatic heterocycles. The Labute approximate surface area is 107 Å². The smallest absolute Gasteiger partial charge is 0.0683 e. The van der Waals surface area contributed by atoms with E-state index in [9.17, 15) is 0 Å². The summed E-state index contributed by atoms with van der Waals surface area (Å²) in [5, 5.41) is 12.5. The van der Waals surface area contributed by atoms with Gasteiger partial charge in [0.05, 0.1) is 11.5 Å². The molecule has 0 saturated heterocycles. The zero-order valence-corrected chi connectivity index (χ0v) is 11.8. The van der Waals surface area contributed by atoms with Crippen LogP contribution in [0, 0.1) is 22.2 Å². The molecule has 0 aromatic carbocycles. The topological polar surface area (TPSA) is 35.8 Å². The van der Waals surface area contributed by atoms with Gasteiger partial charge in [-0.25, -0.2) is 0 Å². The highest BCUT2D eigenvalue weighted by atomic mass is 14.9. The fraction of sp³-hybridized carbons (Fsp3) is 0.933. The zero-order valence-electron chi connectivity index (χ0n) is 11.8.